The highest BCUT2D eigenvalue weighted by Crippen LogP contribution is 2.23. The van der Waals surface area contributed by atoms with Gasteiger partial charge in [-0.1, -0.05) is 18.2 Å². The summed E-state index contributed by atoms with van der Waals surface area (Å²) in [5.41, 5.74) is -1.21. The largest absolute Gasteiger partial charge is 0.466 e. The normalized spacial score (nSPS) is 15.2. The van der Waals surface area contributed by atoms with Crippen LogP contribution in [-0.4, -0.2) is 22.8 Å². The summed E-state index contributed by atoms with van der Waals surface area (Å²) in [5.74, 6) is 0.321. The van der Waals surface area contributed by atoms with Gasteiger partial charge in [-0.3, -0.25) is 4.79 Å². The monoisotopic (exact) mass is 305 g/mol. The van der Waals surface area contributed by atoms with Crippen LogP contribution >= 0.6 is 11.8 Å². The summed E-state index contributed by atoms with van der Waals surface area (Å²) in [5, 5.41) is 12.8. The molecule has 0 spiro atoms. The lowest BCUT2D eigenvalue weighted by Gasteiger charge is -2.22. The van der Waals surface area contributed by atoms with Crippen LogP contribution in [0.3, 0.4) is 0 Å². The van der Waals surface area contributed by atoms with E-state index in [0.29, 0.717) is 5.76 Å². The van der Waals surface area contributed by atoms with Gasteiger partial charge in [-0.2, -0.15) is 0 Å². The molecule has 0 saturated carbocycles. The number of carbonyl (C=O) groups is 1. The predicted molar refractivity (Wildman–Crippen MR) is 83.0 cm³/mol. The zero-order valence-electron chi connectivity index (χ0n) is 12.1. The van der Waals surface area contributed by atoms with Crippen LogP contribution in [0, 0.1) is 0 Å². The van der Waals surface area contributed by atoms with Crippen molar-refractivity contribution in [1.29, 1.82) is 0 Å². The molecule has 112 valence electrons. The molecule has 2 N–H and O–H groups in total. The van der Waals surface area contributed by atoms with Gasteiger partial charge in [0.2, 0.25) is 5.91 Å². The Labute approximate surface area is 128 Å². The van der Waals surface area contributed by atoms with E-state index in [-0.39, 0.29) is 17.7 Å². The molecule has 0 saturated heterocycles. The van der Waals surface area contributed by atoms with Crippen LogP contribution in [0.4, 0.5) is 0 Å². The first-order valence-corrected chi connectivity index (χ1v) is 7.63. The number of hydrogen-bond donors (Lipinski definition) is 2. The zero-order valence-corrected chi connectivity index (χ0v) is 12.9. The first-order valence-electron chi connectivity index (χ1n) is 6.75. The summed E-state index contributed by atoms with van der Waals surface area (Å²) in [6.45, 7) is 3.56. The second kappa shape index (κ2) is 6.83. The number of nitrogens with one attached hydrogen (secondary N) is 1. The highest BCUT2D eigenvalue weighted by atomic mass is 32.2. The van der Waals surface area contributed by atoms with Crippen LogP contribution < -0.4 is 5.32 Å². The number of amides is 1. The second-order valence-electron chi connectivity index (χ2n) is 5.04. The molecule has 0 bridgehead atoms. The van der Waals surface area contributed by atoms with Crippen molar-refractivity contribution < 1.29 is 14.3 Å². The number of furan rings is 1. The third-order valence-electron chi connectivity index (χ3n) is 3.08. The van der Waals surface area contributed by atoms with Gasteiger partial charge in [0.05, 0.1) is 18.1 Å². The van der Waals surface area contributed by atoms with E-state index in [9.17, 15) is 9.90 Å². The molecule has 5 heteroatoms. The minimum absolute atomic E-state index is 0.110. The SMILES string of the molecule is CC(Sc1ccccc1)C(=O)NCC(C)(O)c1ccco1. The number of thioether (sulfide) groups is 1. The van der Waals surface area contributed by atoms with E-state index in [4.69, 9.17) is 4.42 Å². The van der Waals surface area contributed by atoms with Crippen molar-refractivity contribution in [2.75, 3.05) is 6.54 Å². The highest BCUT2D eigenvalue weighted by molar-refractivity contribution is 8.00. The molecule has 1 amide bonds. The predicted octanol–water partition coefficient (Wildman–Crippen LogP) is 2.78. The fourth-order valence-corrected chi connectivity index (χ4v) is 2.74. The zero-order chi connectivity index (χ0) is 15.3. The molecule has 1 aromatic carbocycles. The van der Waals surface area contributed by atoms with Crippen molar-refractivity contribution in [1.82, 2.24) is 5.32 Å². The van der Waals surface area contributed by atoms with Crippen LogP contribution in [0.25, 0.3) is 0 Å². The first-order chi connectivity index (χ1) is 9.99. The average Bonchev–Trinajstić information content (AvgIpc) is 3.01. The van der Waals surface area contributed by atoms with E-state index in [0.717, 1.165) is 4.90 Å². The Kier molecular flexibility index (Phi) is 5.09. The molecular weight excluding hydrogens is 286 g/mol. The Morgan fingerprint density at radius 1 is 1.33 bits per heavy atom. The summed E-state index contributed by atoms with van der Waals surface area (Å²) in [7, 11) is 0. The molecule has 0 radical (unpaired) electrons. The molecule has 0 aliphatic rings. The van der Waals surface area contributed by atoms with Crippen LogP contribution in [0.15, 0.2) is 58.0 Å². The molecule has 0 fully saturated rings. The van der Waals surface area contributed by atoms with Crippen molar-refractivity contribution in [3.8, 4) is 0 Å². The second-order valence-corrected chi connectivity index (χ2v) is 6.46. The highest BCUT2D eigenvalue weighted by Gasteiger charge is 2.27. The topological polar surface area (TPSA) is 62.5 Å². The third-order valence-corrected chi connectivity index (χ3v) is 4.20. The quantitative estimate of drug-likeness (QED) is 0.806. The number of aliphatic hydroxyl groups is 1. The van der Waals surface area contributed by atoms with Crippen LogP contribution in [-0.2, 0) is 10.4 Å². The number of benzene rings is 1. The fraction of sp³-hybridized carbons (Fsp3) is 0.312. The van der Waals surface area contributed by atoms with Crippen molar-refractivity contribution in [2.24, 2.45) is 0 Å². The Balaban J connectivity index is 1.87. The van der Waals surface area contributed by atoms with Crippen molar-refractivity contribution in [3.05, 3.63) is 54.5 Å². The van der Waals surface area contributed by atoms with Gasteiger partial charge in [-0.05, 0) is 38.1 Å². The van der Waals surface area contributed by atoms with Crippen molar-refractivity contribution in [2.45, 2.75) is 29.6 Å². The molecule has 1 aromatic heterocycles. The maximum absolute atomic E-state index is 12.1. The minimum atomic E-state index is -1.21. The first kappa shape index (κ1) is 15.7. The van der Waals surface area contributed by atoms with Crippen molar-refractivity contribution >= 4 is 17.7 Å². The molecule has 21 heavy (non-hydrogen) atoms. The molecule has 1 heterocycles. The number of rotatable bonds is 6. The molecular formula is C16H19NO3S. The van der Waals surface area contributed by atoms with Crippen LogP contribution in [0.5, 0.6) is 0 Å². The number of carbonyl (C=O) groups excluding carboxylic acids is 1. The van der Waals surface area contributed by atoms with Gasteiger partial charge >= 0.3 is 0 Å². The summed E-state index contributed by atoms with van der Waals surface area (Å²) < 4.78 is 5.18. The fourth-order valence-electron chi connectivity index (χ4n) is 1.83. The maximum Gasteiger partial charge on any atom is 0.233 e. The number of hydrogen-bond acceptors (Lipinski definition) is 4. The van der Waals surface area contributed by atoms with Gasteiger partial charge in [0, 0.05) is 4.90 Å². The summed E-state index contributed by atoms with van der Waals surface area (Å²) in [6.07, 6.45) is 1.50. The third kappa shape index (κ3) is 4.37. The van der Waals surface area contributed by atoms with E-state index in [1.165, 1.54) is 18.0 Å². The summed E-state index contributed by atoms with van der Waals surface area (Å²) >= 11 is 1.48. The van der Waals surface area contributed by atoms with E-state index in [1.807, 2.05) is 37.3 Å². The Bertz CT molecular complexity index is 566. The van der Waals surface area contributed by atoms with Crippen LogP contribution in [0.2, 0.25) is 0 Å². The van der Waals surface area contributed by atoms with Gasteiger partial charge < -0.3 is 14.8 Å². The van der Waals surface area contributed by atoms with Gasteiger partial charge in [0.25, 0.3) is 0 Å². The molecule has 4 nitrogen and oxygen atoms in total. The Morgan fingerprint density at radius 3 is 2.67 bits per heavy atom. The van der Waals surface area contributed by atoms with E-state index >= 15 is 0 Å². The summed E-state index contributed by atoms with van der Waals surface area (Å²) in [4.78, 5) is 13.1. The lowest BCUT2D eigenvalue weighted by atomic mass is 10.0. The molecule has 0 aliphatic carbocycles. The standard InChI is InChI=1S/C16H19NO3S/c1-12(21-13-7-4-3-5-8-13)15(18)17-11-16(2,19)14-9-6-10-20-14/h3-10,12,19H,11H2,1-2H3,(H,17,18). The van der Waals surface area contributed by atoms with Gasteiger partial charge in [0.15, 0.2) is 0 Å². The Morgan fingerprint density at radius 2 is 2.05 bits per heavy atom. The smallest absolute Gasteiger partial charge is 0.233 e. The molecule has 2 rings (SSSR count). The van der Waals surface area contributed by atoms with Crippen LogP contribution in [0.1, 0.15) is 19.6 Å². The molecule has 2 aromatic rings. The minimum Gasteiger partial charge on any atom is -0.466 e. The molecule has 2 atom stereocenters. The van der Waals surface area contributed by atoms with Gasteiger partial charge in [-0.15, -0.1) is 11.8 Å². The lowest BCUT2D eigenvalue weighted by Crippen LogP contribution is -2.41. The van der Waals surface area contributed by atoms with E-state index < -0.39 is 5.60 Å². The molecule has 0 aliphatic heterocycles. The van der Waals surface area contributed by atoms with Gasteiger partial charge in [0.1, 0.15) is 11.4 Å². The lowest BCUT2D eigenvalue weighted by molar-refractivity contribution is -0.121. The summed E-state index contributed by atoms with van der Waals surface area (Å²) in [6, 6.07) is 13.1. The van der Waals surface area contributed by atoms with E-state index in [1.54, 1.807) is 19.1 Å². The van der Waals surface area contributed by atoms with E-state index in [2.05, 4.69) is 5.32 Å². The Hall–Kier alpha value is -1.72. The van der Waals surface area contributed by atoms with Crippen molar-refractivity contribution in [3.63, 3.8) is 0 Å². The average molecular weight is 305 g/mol. The molecule has 2 unspecified atom stereocenters. The van der Waals surface area contributed by atoms with Gasteiger partial charge in [-0.25, -0.2) is 0 Å². The maximum atomic E-state index is 12.1.